The van der Waals surface area contributed by atoms with Crippen molar-refractivity contribution >= 4 is 11.6 Å². The molecule has 2 aromatic rings. The summed E-state index contributed by atoms with van der Waals surface area (Å²) in [7, 11) is 1.51. The predicted octanol–water partition coefficient (Wildman–Crippen LogP) is 1.30. The van der Waals surface area contributed by atoms with E-state index in [4.69, 9.17) is 10.5 Å². The third kappa shape index (κ3) is 2.08. The van der Waals surface area contributed by atoms with Crippen LogP contribution in [-0.2, 0) is 0 Å². The van der Waals surface area contributed by atoms with Crippen molar-refractivity contribution in [3.05, 3.63) is 47.9 Å². The highest BCUT2D eigenvalue weighted by molar-refractivity contribution is 6.11. The van der Waals surface area contributed by atoms with E-state index >= 15 is 0 Å². The highest BCUT2D eigenvalue weighted by Crippen LogP contribution is 2.21. The molecule has 2 N–H and O–H groups in total. The Bertz CT molecular complexity index is 555. The Hall–Kier alpha value is -2.43. The Morgan fingerprint density at radius 3 is 2.65 bits per heavy atom. The number of hydrogen-bond acceptors (Lipinski definition) is 5. The van der Waals surface area contributed by atoms with Crippen LogP contribution in [0.3, 0.4) is 0 Å². The molecular formula is C12H11N3O2. The summed E-state index contributed by atoms with van der Waals surface area (Å²) in [6.07, 6.45) is 2.87. The summed E-state index contributed by atoms with van der Waals surface area (Å²) in [6, 6.07) is 6.91. The third-order valence-corrected chi connectivity index (χ3v) is 2.29. The Morgan fingerprint density at radius 2 is 1.94 bits per heavy atom. The molecule has 2 rings (SSSR count). The number of hydrogen-bond donors (Lipinski definition) is 1. The Balaban J connectivity index is 2.48. The molecule has 5 nitrogen and oxygen atoms in total. The Kier molecular flexibility index (Phi) is 3.00. The van der Waals surface area contributed by atoms with E-state index in [0.29, 0.717) is 11.3 Å². The molecule has 17 heavy (non-hydrogen) atoms. The summed E-state index contributed by atoms with van der Waals surface area (Å²) < 4.78 is 5.12. The highest BCUT2D eigenvalue weighted by atomic mass is 16.5. The van der Waals surface area contributed by atoms with Crippen LogP contribution in [0.5, 0.6) is 5.75 Å². The summed E-state index contributed by atoms with van der Waals surface area (Å²) in [6.45, 7) is 0. The average molecular weight is 229 g/mol. The van der Waals surface area contributed by atoms with Crippen LogP contribution in [0.15, 0.2) is 36.7 Å². The molecule has 0 amide bonds. The van der Waals surface area contributed by atoms with Gasteiger partial charge in [0.05, 0.1) is 12.7 Å². The maximum absolute atomic E-state index is 12.2. The predicted molar refractivity (Wildman–Crippen MR) is 62.9 cm³/mol. The lowest BCUT2D eigenvalue weighted by molar-refractivity contribution is 0.103. The van der Waals surface area contributed by atoms with Gasteiger partial charge < -0.3 is 10.5 Å². The van der Waals surface area contributed by atoms with E-state index in [9.17, 15) is 4.79 Å². The minimum Gasteiger partial charge on any atom is -0.496 e. The fourth-order valence-corrected chi connectivity index (χ4v) is 1.48. The van der Waals surface area contributed by atoms with Gasteiger partial charge in [-0.2, -0.15) is 0 Å². The Labute approximate surface area is 98.3 Å². The molecule has 0 spiro atoms. The van der Waals surface area contributed by atoms with Crippen LogP contribution in [-0.4, -0.2) is 22.9 Å². The zero-order chi connectivity index (χ0) is 12.3. The molecule has 0 radical (unpaired) electrons. The molecule has 1 aromatic heterocycles. The van der Waals surface area contributed by atoms with Gasteiger partial charge in [0.15, 0.2) is 11.5 Å². The van der Waals surface area contributed by atoms with Gasteiger partial charge in [-0.3, -0.25) is 4.79 Å². The van der Waals surface area contributed by atoms with Gasteiger partial charge in [-0.25, -0.2) is 9.97 Å². The number of methoxy groups -OCH3 is 1. The number of ketones is 1. The van der Waals surface area contributed by atoms with Crippen LogP contribution < -0.4 is 10.5 Å². The Morgan fingerprint density at radius 1 is 1.24 bits per heavy atom. The van der Waals surface area contributed by atoms with Crippen molar-refractivity contribution in [1.82, 2.24) is 9.97 Å². The number of para-hydroxylation sites is 1. The highest BCUT2D eigenvalue weighted by Gasteiger charge is 2.17. The minimum absolute atomic E-state index is 0.114. The number of nitrogens with zero attached hydrogens (tertiary/aromatic N) is 2. The van der Waals surface area contributed by atoms with Gasteiger partial charge in [-0.15, -0.1) is 0 Å². The van der Waals surface area contributed by atoms with Crippen LogP contribution in [0.1, 0.15) is 16.1 Å². The van der Waals surface area contributed by atoms with Gasteiger partial charge in [-0.05, 0) is 12.1 Å². The second-order valence-corrected chi connectivity index (χ2v) is 3.32. The number of nitrogen functional groups attached to an aromatic ring is 1. The second kappa shape index (κ2) is 4.61. The molecule has 0 fully saturated rings. The number of carbonyl (C=O) groups excluding carboxylic acids is 1. The number of anilines is 1. The molecule has 0 aliphatic rings. The first-order valence-corrected chi connectivity index (χ1v) is 4.98. The standard InChI is InChI=1S/C12H11N3O2/c1-17-9-5-3-2-4-8(9)11(16)10-12(13)15-7-6-14-10/h2-7H,1H3,(H2,13,15). The maximum Gasteiger partial charge on any atom is 0.218 e. The molecule has 1 aromatic carbocycles. The maximum atomic E-state index is 12.2. The summed E-state index contributed by atoms with van der Waals surface area (Å²) in [5, 5.41) is 0. The van der Waals surface area contributed by atoms with Crippen molar-refractivity contribution in [1.29, 1.82) is 0 Å². The molecule has 5 heteroatoms. The third-order valence-electron chi connectivity index (χ3n) is 2.29. The normalized spacial score (nSPS) is 9.94. The van der Waals surface area contributed by atoms with Crippen molar-refractivity contribution in [2.75, 3.05) is 12.8 Å². The molecule has 0 saturated carbocycles. The molecule has 0 bridgehead atoms. The number of carbonyl (C=O) groups is 1. The first-order valence-electron chi connectivity index (χ1n) is 4.98. The molecule has 0 aliphatic heterocycles. The fraction of sp³-hybridized carbons (Fsp3) is 0.0833. The van der Waals surface area contributed by atoms with Crippen molar-refractivity contribution in [3.8, 4) is 5.75 Å². The zero-order valence-electron chi connectivity index (χ0n) is 9.25. The first-order chi connectivity index (χ1) is 8.24. The molecule has 0 unspecified atom stereocenters. The number of benzene rings is 1. The SMILES string of the molecule is COc1ccccc1C(=O)c1nccnc1N. The van der Waals surface area contributed by atoms with Crippen molar-refractivity contribution in [2.45, 2.75) is 0 Å². The number of rotatable bonds is 3. The van der Waals surface area contributed by atoms with Crippen LogP contribution in [0.4, 0.5) is 5.82 Å². The van der Waals surface area contributed by atoms with Gasteiger partial charge in [0.2, 0.25) is 5.78 Å². The van der Waals surface area contributed by atoms with E-state index < -0.39 is 0 Å². The minimum atomic E-state index is -0.298. The van der Waals surface area contributed by atoms with Gasteiger partial charge in [-0.1, -0.05) is 12.1 Å². The fourth-order valence-electron chi connectivity index (χ4n) is 1.48. The molecule has 1 heterocycles. The molecule has 86 valence electrons. The summed E-state index contributed by atoms with van der Waals surface area (Å²) in [5.74, 6) is 0.305. The summed E-state index contributed by atoms with van der Waals surface area (Å²) in [5.41, 5.74) is 6.17. The van der Waals surface area contributed by atoms with Crippen LogP contribution in [0.25, 0.3) is 0 Å². The summed E-state index contributed by atoms with van der Waals surface area (Å²) >= 11 is 0. The van der Waals surface area contributed by atoms with Gasteiger partial charge >= 0.3 is 0 Å². The van der Waals surface area contributed by atoms with Gasteiger partial charge in [0, 0.05) is 12.4 Å². The quantitative estimate of drug-likeness (QED) is 0.802. The van der Waals surface area contributed by atoms with Crippen LogP contribution in [0, 0.1) is 0 Å². The largest absolute Gasteiger partial charge is 0.496 e. The first kappa shape index (κ1) is 11.1. The summed E-state index contributed by atoms with van der Waals surface area (Å²) in [4.78, 5) is 20.0. The number of nitrogens with two attached hydrogens (primary N) is 1. The van der Waals surface area contributed by atoms with E-state index in [1.165, 1.54) is 19.5 Å². The number of ether oxygens (including phenoxy) is 1. The van der Waals surface area contributed by atoms with Crippen molar-refractivity contribution in [3.63, 3.8) is 0 Å². The number of aromatic nitrogens is 2. The van der Waals surface area contributed by atoms with Crippen molar-refractivity contribution in [2.24, 2.45) is 0 Å². The topological polar surface area (TPSA) is 78.1 Å². The monoisotopic (exact) mass is 229 g/mol. The van der Waals surface area contributed by atoms with E-state index in [-0.39, 0.29) is 17.3 Å². The second-order valence-electron chi connectivity index (χ2n) is 3.32. The lowest BCUT2D eigenvalue weighted by Gasteiger charge is -2.07. The van der Waals surface area contributed by atoms with Crippen LogP contribution in [0.2, 0.25) is 0 Å². The molecule has 0 saturated heterocycles. The average Bonchev–Trinajstić information content (AvgIpc) is 2.38. The van der Waals surface area contributed by atoms with Crippen LogP contribution >= 0.6 is 0 Å². The lowest BCUT2D eigenvalue weighted by Crippen LogP contribution is -2.10. The zero-order valence-corrected chi connectivity index (χ0v) is 9.25. The van der Waals surface area contributed by atoms with E-state index in [1.54, 1.807) is 24.3 Å². The van der Waals surface area contributed by atoms with Crippen molar-refractivity contribution < 1.29 is 9.53 Å². The lowest BCUT2D eigenvalue weighted by atomic mass is 10.1. The van der Waals surface area contributed by atoms with E-state index in [1.807, 2.05) is 0 Å². The van der Waals surface area contributed by atoms with E-state index in [2.05, 4.69) is 9.97 Å². The van der Waals surface area contributed by atoms with E-state index in [0.717, 1.165) is 0 Å². The van der Waals surface area contributed by atoms with Gasteiger partial charge in [0.25, 0.3) is 0 Å². The van der Waals surface area contributed by atoms with Gasteiger partial charge in [0.1, 0.15) is 5.75 Å². The molecule has 0 aliphatic carbocycles. The molecule has 0 atom stereocenters. The molecular weight excluding hydrogens is 218 g/mol. The smallest absolute Gasteiger partial charge is 0.218 e.